The molecule has 0 radical (unpaired) electrons. The summed E-state index contributed by atoms with van der Waals surface area (Å²) in [6.45, 7) is 4.26. The van der Waals surface area contributed by atoms with E-state index in [9.17, 15) is 9.90 Å². The second kappa shape index (κ2) is 6.37. The number of anilines is 1. The Kier molecular flexibility index (Phi) is 4.56. The molecule has 1 unspecified atom stereocenters. The quantitative estimate of drug-likeness (QED) is 0.836. The molecular formula is C16H20N2O2. The minimum Gasteiger partial charge on any atom is -0.477 e. The van der Waals surface area contributed by atoms with Gasteiger partial charge in [0.1, 0.15) is 5.82 Å². The van der Waals surface area contributed by atoms with E-state index in [1.807, 2.05) is 24.3 Å². The van der Waals surface area contributed by atoms with Crippen LogP contribution in [0.5, 0.6) is 0 Å². The molecule has 0 spiro atoms. The van der Waals surface area contributed by atoms with Crippen molar-refractivity contribution in [2.24, 2.45) is 0 Å². The van der Waals surface area contributed by atoms with Crippen molar-refractivity contribution in [3.8, 4) is 0 Å². The number of pyridine rings is 1. The molecule has 4 heteroatoms. The van der Waals surface area contributed by atoms with Gasteiger partial charge in [0.25, 0.3) is 0 Å². The van der Waals surface area contributed by atoms with Gasteiger partial charge < -0.3 is 10.4 Å². The Balaban J connectivity index is 2.46. The standard InChI is InChI=1S/C16H20N2O2/c1-3-7-12(4-2)17-15-13-9-6-5-8-11(13)10-14(18-15)16(19)20/h5-6,8-10,12H,3-4,7H2,1-2H3,(H,17,18)(H,19,20). The normalized spacial score (nSPS) is 12.3. The van der Waals surface area contributed by atoms with Crippen LogP contribution in [0.1, 0.15) is 43.6 Å². The van der Waals surface area contributed by atoms with Crippen LogP contribution < -0.4 is 5.32 Å². The summed E-state index contributed by atoms with van der Waals surface area (Å²) in [4.78, 5) is 15.4. The summed E-state index contributed by atoms with van der Waals surface area (Å²) in [6.07, 6.45) is 3.12. The number of carboxylic acid groups (broad SMARTS) is 1. The van der Waals surface area contributed by atoms with Crippen LogP contribution in [0.4, 0.5) is 5.82 Å². The molecule has 0 fully saturated rings. The van der Waals surface area contributed by atoms with Crippen LogP contribution in [0.15, 0.2) is 30.3 Å². The van der Waals surface area contributed by atoms with Crippen LogP contribution in [-0.4, -0.2) is 22.1 Å². The second-order valence-electron chi connectivity index (χ2n) is 4.92. The first-order valence-electron chi connectivity index (χ1n) is 7.05. The van der Waals surface area contributed by atoms with Crippen LogP contribution in [0, 0.1) is 0 Å². The van der Waals surface area contributed by atoms with Gasteiger partial charge in [-0.25, -0.2) is 9.78 Å². The van der Waals surface area contributed by atoms with Gasteiger partial charge >= 0.3 is 5.97 Å². The van der Waals surface area contributed by atoms with Crippen LogP contribution in [0.2, 0.25) is 0 Å². The number of benzene rings is 1. The zero-order chi connectivity index (χ0) is 14.5. The summed E-state index contributed by atoms with van der Waals surface area (Å²) in [5, 5.41) is 14.4. The molecule has 0 bridgehead atoms. The third-order valence-electron chi connectivity index (χ3n) is 3.43. The SMILES string of the molecule is CCCC(CC)Nc1nc(C(=O)O)cc2ccccc12. The number of hydrogen-bond donors (Lipinski definition) is 2. The van der Waals surface area contributed by atoms with E-state index in [-0.39, 0.29) is 5.69 Å². The van der Waals surface area contributed by atoms with Gasteiger partial charge in [0.15, 0.2) is 5.69 Å². The van der Waals surface area contributed by atoms with Crippen molar-refractivity contribution in [2.75, 3.05) is 5.32 Å². The van der Waals surface area contributed by atoms with Crippen molar-refractivity contribution in [3.63, 3.8) is 0 Å². The highest BCUT2D eigenvalue weighted by molar-refractivity contribution is 5.97. The number of rotatable bonds is 6. The summed E-state index contributed by atoms with van der Waals surface area (Å²) in [7, 11) is 0. The Labute approximate surface area is 118 Å². The number of aromatic carboxylic acids is 1. The highest BCUT2D eigenvalue weighted by atomic mass is 16.4. The van der Waals surface area contributed by atoms with Gasteiger partial charge in [-0.2, -0.15) is 0 Å². The van der Waals surface area contributed by atoms with Crippen LogP contribution in [0.25, 0.3) is 10.8 Å². The average molecular weight is 272 g/mol. The number of hydrogen-bond acceptors (Lipinski definition) is 3. The number of aromatic nitrogens is 1. The largest absolute Gasteiger partial charge is 0.477 e. The molecular weight excluding hydrogens is 252 g/mol. The molecule has 0 saturated heterocycles. The van der Waals surface area contributed by atoms with E-state index in [1.54, 1.807) is 6.07 Å². The van der Waals surface area contributed by atoms with E-state index in [0.717, 1.165) is 30.0 Å². The minimum atomic E-state index is -0.998. The van der Waals surface area contributed by atoms with Gasteiger partial charge in [-0.15, -0.1) is 0 Å². The fourth-order valence-electron chi connectivity index (χ4n) is 2.34. The predicted molar refractivity (Wildman–Crippen MR) is 81.3 cm³/mol. The Morgan fingerprint density at radius 3 is 2.75 bits per heavy atom. The molecule has 1 aromatic carbocycles. The van der Waals surface area contributed by atoms with Crippen LogP contribution in [-0.2, 0) is 0 Å². The van der Waals surface area contributed by atoms with Crippen molar-refractivity contribution >= 4 is 22.6 Å². The maximum Gasteiger partial charge on any atom is 0.354 e. The van der Waals surface area contributed by atoms with Crippen molar-refractivity contribution in [1.29, 1.82) is 0 Å². The number of nitrogens with zero attached hydrogens (tertiary/aromatic N) is 1. The number of carboxylic acids is 1. The van der Waals surface area contributed by atoms with E-state index in [2.05, 4.69) is 24.1 Å². The lowest BCUT2D eigenvalue weighted by molar-refractivity contribution is 0.0691. The zero-order valence-corrected chi connectivity index (χ0v) is 11.9. The van der Waals surface area contributed by atoms with E-state index >= 15 is 0 Å². The molecule has 106 valence electrons. The van der Waals surface area contributed by atoms with Gasteiger partial charge in [-0.05, 0) is 24.3 Å². The molecule has 4 nitrogen and oxygen atoms in total. The second-order valence-corrected chi connectivity index (χ2v) is 4.92. The topological polar surface area (TPSA) is 62.2 Å². The first kappa shape index (κ1) is 14.3. The summed E-state index contributed by atoms with van der Waals surface area (Å²) in [5.74, 6) is -0.330. The lowest BCUT2D eigenvalue weighted by Gasteiger charge is -2.18. The third kappa shape index (κ3) is 3.07. The fraction of sp³-hybridized carbons (Fsp3) is 0.375. The van der Waals surface area contributed by atoms with E-state index in [4.69, 9.17) is 0 Å². The van der Waals surface area contributed by atoms with E-state index in [0.29, 0.717) is 11.9 Å². The fourth-order valence-corrected chi connectivity index (χ4v) is 2.34. The first-order chi connectivity index (χ1) is 9.65. The monoisotopic (exact) mass is 272 g/mol. The Morgan fingerprint density at radius 1 is 1.35 bits per heavy atom. The molecule has 0 aliphatic carbocycles. The highest BCUT2D eigenvalue weighted by Gasteiger charge is 2.13. The van der Waals surface area contributed by atoms with Gasteiger partial charge in [0, 0.05) is 11.4 Å². The summed E-state index contributed by atoms with van der Waals surface area (Å²) < 4.78 is 0. The lowest BCUT2D eigenvalue weighted by atomic mass is 10.1. The molecule has 1 heterocycles. The molecule has 2 rings (SSSR count). The third-order valence-corrected chi connectivity index (χ3v) is 3.43. The Bertz CT molecular complexity index is 610. The average Bonchev–Trinajstić information content (AvgIpc) is 2.46. The maximum absolute atomic E-state index is 11.2. The molecule has 2 aromatic rings. The van der Waals surface area contributed by atoms with E-state index < -0.39 is 5.97 Å². The summed E-state index contributed by atoms with van der Waals surface area (Å²) in [6, 6.07) is 9.66. The summed E-state index contributed by atoms with van der Waals surface area (Å²) in [5.41, 5.74) is 0.0811. The van der Waals surface area contributed by atoms with Crippen molar-refractivity contribution in [3.05, 3.63) is 36.0 Å². The Hall–Kier alpha value is -2.10. The molecule has 1 atom stereocenters. The zero-order valence-electron chi connectivity index (χ0n) is 11.9. The smallest absolute Gasteiger partial charge is 0.354 e. The van der Waals surface area contributed by atoms with E-state index in [1.165, 1.54) is 0 Å². The maximum atomic E-state index is 11.2. The Morgan fingerprint density at radius 2 is 2.10 bits per heavy atom. The molecule has 0 aliphatic rings. The van der Waals surface area contributed by atoms with Gasteiger partial charge in [0.05, 0.1) is 0 Å². The van der Waals surface area contributed by atoms with Crippen LogP contribution >= 0.6 is 0 Å². The van der Waals surface area contributed by atoms with Gasteiger partial charge in [0.2, 0.25) is 0 Å². The van der Waals surface area contributed by atoms with Crippen molar-refractivity contribution in [1.82, 2.24) is 4.98 Å². The minimum absolute atomic E-state index is 0.0811. The molecule has 0 saturated carbocycles. The lowest BCUT2D eigenvalue weighted by Crippen LogP contribution is -2.19. The van der Waals surface area contributed by atoms with Gasteiger partial charge in [-0.3, -0.25) is 0 Å². The highest BCUT2D eigenvalue weighted by Crippen LogP contribution is 2.24. The molecule has 0 aliphatic heterocycles. The molecule has 2 N–H and O–H groups in total. The predicted octanol–water partition coefficient (Wildman–Crippen LogP) is 3.92. The number of nitrogens with one attached hydrogen (secondary N) is 1. The number of carbonyl (C=O) groups is 1. The summed E-state index contributed by atoms with van der Waals surface area (Å²) >= 11 is 0. The number of fused-ring (bicyclic) bond motifs is 1. The van der Waals surface area contributed by atoms with Gasteiger partial charge in [-0.1, -0.05) is 44.5 Å². The van der Waals surface area contributed by atoms with Crippen molar-refractivity contribution in [2.45, 2.75) is 39.2 Å². The molecule has 0 amide bonds. The van der Waals surface area contributed by atoms with Crippen molar-refractivity contribution < 1.29 is 9.90 Å². The molecule has 1 aromatic heterocycles. The van der Waals surface area contributed by atoms with Crippen LogP contribution in [0.3, 0.4) is 0 Å². The first-order valence-corrected chi connectivity index (χ1v) is 7.05. The molecule has 20 heavy (non-hydrogen) atoms.